The van der Waals surface area contributed by atoms with E-state index in [1.54, 1.807) is 18.2 Å². The van der Waals surface area contributed by atoms with E-state index in [0.717, 1.165) is 0 Å². The van der Waals surface area contributed by atoms with E-state index in [-0.39, 0.29) is 19.1 Å². The van der Waals surface area contributed by atoms with Crippen LogP contribution in [0.1, 0.15) is 6.92 Å². The van der Waals surface area contributed by atoms with Gasteiger partial charge in [0.2, 0.25) is 5.91 Å². The van der Waals surface area contributed by atoms with E-state index in [9.17, 15) is 4.79 Å². The minimum absolute atomic E-state index is 0.0294. The molecular weight excluding hydrogens is 268 g/mol. The first-order valence-corrected chi connectivity index (χ1v) is 6.45. The zero-order valence-electron chi connectivity index (χ0n) is 11.1. The molecule has 0 aliphatic rings. The summed E-state index contributed by atoms with van der Waals surface area (Å²) in [6.45, 7) is 3.34. The maximum atomic E-state index is 11.9. The van der Waals surface area contributed by atoms with Crippen molar-refractivity contribution in [3.63, 3.8) is 0 Å². The number of likely N-dealkylation sites (N-methyl/N-ethyl adjacent to an activating group) is 1. The second-order valence-corrected chi connectivity index (χ2v) is 4.42. The zero-order chi connectivity index (χ0) is 14.3. The minimum Gasteiger partial charge on any atom is -0.495 e. The van der Waals surface area contributed by atoms with Crippen molar-refractivity contribution in [2.75, 3.05) is 38.7 Å². The molecule has 2 N–H and O–H groups in total. The highest BCUT2D eigenvalue weighted by molar-refractivity contribution is 6.31. The molecule has 0 bridgehead atoms. The van der Waals surface area contributed by atoms with Gasteiger partial charge in [-0.15, -0.1) is 0 Å². The van der Waals surface area contributed by atoms with Crippen LogP contribution in [0.25, 0.3) is 0 Å². The van der Waals surface area contributed by atoms with Gasteiger partial charge in [-0.1, -0.05) is 18.5 Å². The van der Waals surface area contributed by atoms with Crippen LogP contribution in [0.5, 0.6) is 5.75 Å². The van der Waals surface area contributed by atoms with E-state index in [1.165, 1.54) is 7.11 Å². The number of ether oxygens (including phenoxy) is 1. The number of nitrogens with one attached hydrogen (secondary N) is 1. The summed E-state index contributed by atoms with van der Waals surface area (Å²) in [5.74, 6) is 0.388. The van der Waals surface area contributed by atoms with Crippen molar-refractivity contribution in [2.45, 2.75) is 6.92 Å². The molecule has 1 amide bonds. The van der Waals surface area contributed by atoms with Crippen LogP contribution in [-0.2, 0) is 4.79 Å². The third-order valence-corrected chi connectivity index (χ3v) is 2.90. The zero-order valence-corrected chi connectivity index (χ0v) is 11.9. The molecule has 5 nitrogen and oxygen atoms in total. The lowest BCUT2D eigenvalue weighted by Gasteiger charge is -2.19. The van der Waals surface area contributed by atoms with Gasteiger partial charge in [-0.3, -0.25) is 9.69 Å². The van der Waals surface area contributed by atoms with E-state index < -0.39 is 0 Å². The van der Waals surface area contributed by atoms with Crippen LogP contribution < -0.4 is 10.1 Å². The Balaban J connectivity index is 2.68. The molecule has 0 unspecified atom stereocenters. The lowest BCUT2D eigenvalue weighted by Crippen LogP contribution is -2.35. The molecular formula is C13H19ClN2O3. The number of methoxy groups -OCH3 is 1. The van der Waals surface area contributed by atoms with Crippen LogP contribution in [0.15, 0.2) is 18.2 Å². The number of nitrogens with zero attached hydrogens (tertiary/aromatic N) is 1. The molecule has 1 aromatic rings. The largest absolute Gasteiger partial charge is 0.495 e. The molecule has 0 radical (unpaired) electrons. The van der Waals surface area contributed by atoms with Crippen molar-refractivity contribution < 1.29 is 14.6 Å². The fraction of sp³-hybridized carbons (Fsp3) is 0.462. The second-order valence-electron chi connectivity index (χ2n) is 3.99. The highest BCUT2D eigenvalue weighted by Crippen LogP contribution is 2.27. The molecule has 0 saturated heterocycles. The molecule has 106 valence electrons. The Hall–Kier alpha value is -1.30. The number of benzene rings is 1. The van der Waals surface area contributed by atoms with E-state index in [2.05, 4.69) is 5.32 Å². The van der Waals surface area contributed by atoms with Gasteiger partial charge < -0.3 is 15.2 Å². The molecule has 6 heteroatoms. The van der Waals surface area contributed by atoms with Gasteiger partial charge in [0.15, 0.2) is 0 Å². The topological polar surface area (TPSA) is 61.8 Å². The highest BCUT2D eigenvalue weighted by atomic mass is 35.5. The third kappa shape index (κ3) is 5.06. The number of carbonyl (C=O) groups excluding carboxylic acids is 1. The van der Waals surface area contributed by atoms with Crippen molar-refractivity contribution in [1.29, 1.82) is 0 Å². The van der Waals surface area contributed by atoms with Gasteiger partial charge in [-0.25, -0.2) is 0 Å². The quantitative estimate of drug-likeness (QED) is 0.799. The first-order valence-electron chi connectivity index (χ1n) is 6.07. The number of halogens is 1. The van der Waals surface area contributed by atoms with Crippen LogP contribution in [0, 0.1) is 0 Å². The van der Waals surface area contributed by atoms with Crippen LogP contribution in [0.2, 0.25) is 5.02 Å². The maximum Gasteiger partial charge on any atom is 0.238 e. The Labute approximate surface area is 118 Å². The number of aliphatic hydroxyl groups is 1. The van der Waals surface area contributed by atoms with E-state index >= 15 is 0 Å². The molecule has 0 aliphatic heterocycles. The van der Waals surface area contributed by atoms with Gasteiger partial charge in [0.25, 0.3) is 0 Å². The summed E-state index contributed by atoms with van der Waals surface area (Å²) in [4.78, 5) is 13.7. The fourth-order valence-electron chi connectivity index (χ4n) is 1.66. The normalized spacial score (nSPS) is 10.6. The predicted octanol–water partition coefficient (Wildman–Crippen LogP) is 1.60. The van der Waals surface area contributed by atoms with Gasteiger partial charge in [-0.2, -0.15) is 0 Å². The first-order chi connectivity index (χ1) is 9.10. The summed E-state index contributed by atoms with van der Waals surface area (Å²) < 4.78 is 5.15. The average Bonchev–Trinajstić information content (AvgIpc) is 2.38. The molecule has 0 heterocycles. The Morgan fingerprint density at radius 1 is 1.53 bits per heavy atom. The van der Waals surface area contributed by atoms with Crippen LogP contribution in [0.4, 0.5) is 5.69 Å². The summed E-state index contributed by atoms with van der Waals surface area (Å²) in [6.07, 6.45) is 0. The number of hydrogen-bond acceptors (Lipinski definition) is 4. The average molecular weight is 287 g/mol. The van der Waals surface area contributed by atoms with Crippen LogP contribution in [-0.4, -0.2) is 49.3 Å². The molecule has 1 rings (SSSR count). The number of amides is 1. The number of aliphatic hydroxyl groups excluding tert-OH is 1. The van der Waals surface area contributed by atoms with Crippen molar-refractivity contribution in [1.82, 2.24) is 4.90 Å². The Kier molecular flexibility index (Phi) is 6.62. The maximum absolute atomic E-state index is 11.9. The predicted molar refractivity (Wildman–Crippen MR) is 75.8 cm³/mol. The van der Waals surface area contributed by atoms with Crippen molar-refractivity contribution in [2.24, 2.45) is 0 Å². The van der Waals surface area contributed by atoms with Crippen LogP contribution >= 0.6 is 11.6 Å². The third-order valence-electron chi connectivity index (χ3n) is 2.67. The van der Waals surface area contributed by atoms with Gasteiger partial charge in [-0.05, 0) is 24.7 Å². The van der Waals surface area contributed by atoms with Crippen molar-refractivity contribution >= 4 is 23.2 Å². The highest BCUT2D eigenvalue weighted by Gasteiger charge is 2.11. The molecule has 0 fully saturated rings. The number of rotatable bonds is 7. The fourth-order valence-corrected chi connectivity index (χ4v) is 1.83. The summed E-state index contributed by atoms with van der Waals surface area (Å²) in [7, 11) is 1.53. The monoisotopic (exact) mass is 286 g/mol. The molecule has 1 aromatic carbocycles. The standard InChI is InChI=1S/C13H19ClN2O3/c1-3-16(6-7-17)9-13(18)15-11-8-10(14)4-5-12(11)19-2/h4-5,8,17H,3,6-7,9H2,1-2H3,(H,15,18). The molecule has 0 aromatic heterocycles. The van der Waals surface area contributed by atoms with Crippen molar-refractivity contribution in [3.8, 4) is 5.75 Å². The lowest BCUT2D eigenvalue weighted by atomic mass is 10.3. The Morgan fingerprint density at radius 2 is 2.26 bits per heavy atom. The van der Waals surface area contributed by atoms with Crippen LogP contribution in [0.3, 0.4) is 0 Å². The molecule has 0 spiro atoms. The van der Waals surface area contributed by atoms with E-state index in [0.29, 0.717) is 29.5 Å². The summed E-state index contributed by atoms with van der Waals surface area (Å²) in [5.41, 5.74) is 0.542. The first kappa shape index (κ1) is 15.8. The number of anilines is 1. The summed E-state index contributed by atoms with van der Waals surface area (Å²) in [5, 5.41) is 12.2. The van der Waals surface area contributed by atoms with Crippen molar-refractivity contribution in [3.05, 3.63) is 23.2 Å². The molecule has 19 heavy (non-hydrogen) atoms. The molecule has 0 aliphatic carbocycles. The number of hydrogen-bond donors (Lipinski definition) is 2. The number of carbonyl (C=O) groups is 1. The Morgan fingerprint density at radius 3 is 2.84 bits per heavy atom. The smallest absolute Gasteiger partial charge is 0.238 e. The summed E-state index contributed by atoms with van der Waals surface area (Å²) in [6, 6.07) is 5.03. The van der Waals surface area contributed by atoms with Gasteiger partial charge in [0.05, 0.1) is 25.9 Å². The second kappa shape index (κ2) is 7.99. The minimum atomic E-state index is -0.170. The lowest BCUT2D eigenvalue weighted by molar-refractivity contribution is -0.117. The van der Waals surface area contributed by atoms with E-state index in [4.69, 9.17) is 21.4 Å². The summed E-state index contributed by atoms with van der Waals surface area (Å²) >= 11 is 5.89. The van der Waals surface area contributed by atoms with Gasteiger partial charge >= 0.3 is 0 Å². The Bertz CT molecular complexity index is 426. The molecule has 0 saturated carbocycles. The SMILES string of the molecule is CCN(CCO)CC(=O)Nc1cc(Cl)ccc1OC. The molecule has 0 atom stereocenters. The van der Waals surface area contributed by atoms with E-state index in [1.807, 2.05) is 11.8 Å². The van der Waals surface area contributed by atoms with Gasteiger partial charge in [0, 0.05) is 11.6 Å². The van der Waals surface area contributed by atoms with Gasteiger partial charge in [0.1, 0.15) is 5.75 Å².